The Hall–Kier alpha value is -2.77. The Kier molecular flexibility index (Phi) is 6.84. The molecule has 0 unspecified atom stereocenters. The molecule has 4 rings (SSSR count). The summed E-state index contributed by atoms with van der Waals surface area (Å²) in [5, 5.41) is 10.5. The summed E-state index contributed by atoms with van der Waals surface area (Å²) in [6.45, 7) is 3.34. The third-order valence-corrected chi connectivity index (χ3v) is 5.26. The fourth-order valence-electron chi connectivity index (χ4n) is 3.70. The van der Waals surface area contributed by atoms with E-state index in [1.165, 1.54) is 24.4 Å². The molecule has 2 N–H and O–H groups in total. The van der Waals surface area contributed by atoms with Gasteiger partial charge in [-0.1, -0.05) is 12.1 Å². The van der Waals surface area contributed by atoms with E-state index in [-0.39, 0.29) is 35.9 Å². The lowest BCUT2D eigenvalue weighted by molar-refractivity contribution is 0.102. The number of carbonyl (C=O) groups is 1. The summed E-state index contributed by atoms with van der Waals surface area (Å²) in [5.74, 6) is -0.991. The zero-order valence-corrected chi connectivity index (χ0v) is 17.3. The topological polar surface area (TPSA) is 59.0 Å². The number of rotatable bonds is 4. The molecule has 1 fully saturated rings. The molecular weight excluding hydrogens is 410 g/mol. The maximum atomic E-state index is 13.9. The van der Waals surface area contributed by atoms with Gasteiger partial charge in [-0.05, 0) is 68.8 Å². The van der Waals surface area contributed by atoms with Crippen LogP contribution >= 0.6 is 12.4 Å². The van der Waals surface area contributed by atoms with E-state index in [0.717, 1.165) is 31.6 Å². The van der Waals surface area contributed by atoms with Crippen molar-refractivity contribution in [2.24, 2.45) is 0 Å². The number of nitrogens with zero attached hydrogens (tertiary/aromatic N) is 2. The predicted molar refractivity (Wildman–Crippen MR) is 115 cm³/mol. The van der Waals surface area contributed by atoms with Crippen LogP contribution < -0.4 is 10.6 Å². The number of anilines is 1. The Balaban J connectivity index is 0.00000256. The molecule has 0 aliphatic carbocycles. The Labute approximate surface area is 179 Å². The lowest BCUT2D eigenvalue weighted by atomic mass is 9.91. The first-order valence-corrected chi connectivity index (χ1v) is 9.65. The summed E-state index contributed by atoms with van der Waals surface area (Å²) in [6, 6.07) is 10.7. The molecule has 0 atom stereocenters. The van der Waals surface area contributed by atoms with Crippen molar-refractivity contribution in [1.29, 1.82) is 0 Å². The lowest BCUT2D eigenvalue weighted by Crippen LogP contribution is -2.29. The van der Waals surface area contributed by atoms with E-state index in [1.807, 2.05) is 0 Å². The first kappa shape index (κ1) is 21.9. The molecule has 5 nitrogen and oxygen atoms in total. The molecule has 8 heteroatoms. The SMILES string of the molecule is Cc1ccc(NC(=O)c2cnn(-c3cccc(F)c3)c2C2CCNCC2)cc1F.Cl. The normalized spacial score (nSPS) is 14.2. The first-order valence-electron chi connectivity index (χ1n) is 9.65. The molecule has 2 heterocycles. The number of nitrogens with one attached hydrogen (secondary N) is 2. The van der Waals surface area contributed by atoms with Crippen LogP contribution in [0.5, 0.6) is 0 Å². The highest BCUT2D eigenvalue weighted by Crippen LogP contribution is 2.31. The first-order chi connectivity index (χ1) is 14.0. The van der Waals surface area contributed by atoms with Crippen LogP contribution in [0.25, 0.3) is 5.69 Å². The highest BCUT2D eigenvalue weighted by atomic mass is 35.5. The zero-order valence-electron chi connectivity index (χ0n) is 16.5. The molecular formula is C22H23ClF2N4O. The highest BCUT2D eigenvalue weighted by molar-refractivity contribution is 6.05. The van der Waals surface area contributed by atoms with Crippen LogP contribution in [0.3, 0.4) is 0 Å². The molecule has 1 aromatic heterocycles. The number of halogens is 3. The maximum Gasteiger partial charge on any atom is 0.259 e. The second-order valence-electron chi connectivity index (χ2n) is 7.28. The number of aromatic nitrogens is 2. The van der Waals surface area contributed by atoms with Gasteiger partial charge in [0.1, 0.15) is 11.6 Å². The quantitative estimate of drug-likeness (QED) is 0.633. The minimum absolute atomic E-state index is 0. The monoisotopic (exact) mass is 432 g/mol. The van der Waals surface area contributed by atoms with Gasteiger partial charge in [-0.25, -0.2) is 13.5 Å². The van der Waals surface area contributed by atoms with E-state index in [4.69, 9.17) is 0 Å². The Bertz CT molecular complexity index is 1050. The van der Waals surface area contributed by atoms with Crippen LogP contribution in [0, 0.1) is 18.6 Å². The fraction of sp³-hybridized carbons (Fsp3) is 0.273. The van der Waals surface area contributed by atoms with Gasteiger partial charge < -0.3 is 10.6 Å². The minimum atomic E-state index is -0.378. The minimum Gasteiger partial charge on any atom is -0.322 e. The summed E-state index contributed by atoms with van der Waals surface area (Å²) in [6.07, 6.45) is 3.20. The van der Waals surface area contributed by atoms with Crippen LogP contribution in [0.2, 0.25) is 0 Å². The van der Waals surface area contributed by atoms with E-state index in [0.29, 0.717) is 22.5 Å². The van der Waals surface area contributed by atoms with Gasteiger partial charge in [0, 0.05) is 11.6 Å². The summed E-state index contributed by atoms with van der Waals surface area (Å²) in [7, 11) is 0. The number of piperidine rings is 1. The van der Waals surface area contributed by atoms with E-state index < -0.39 is 0 Å². The smallest absolute Gasteiger partial charge is 0.259 e. The maximum absolute atomic E-state index is 13.9. The molecule has 1 aliphatic rings. The zero-order chi connectivity index (χ0) is 20.4. The van der Waals surface area contributed by atoms with Crippen molar-refractivity contribution in [3.05, 3.63) is 77.1 Å². The molecule has 158 valence electrons. The van der Waals surface area contributed by atoms with E-state index >= 15 is 0 Å². The number of hydrogen-bond donors (Lipinski definition) is 2. The van der Waals surface area contributed by atoms with Gasteiger partial charge in [-0.3, -0.25) is 4.79 Å². The average Bonchev–Trinajstić information content (AvgIpc) is 3.17. The number of carbonyl (C=O) groups excluding carboxylic acids is 1. The van der Waals surface area contributed by atoms with Crippen molar-refractivity contribution in [2.45, 2.75) is 25.7 Å². The number of benzene rings is 2. The lowest BCUT2D eigenvalue weighted by Gasteiger charge is -2.24. The van der Waals surface area contributed by atoms with Crippen LogP contribution in [0.1, 0.15) is 40.4 Å². The van der Waals surface area contributed by atoms with Crippen LogP contribution in [0.15, 0.2) is 48.7 Å². The van der Waals surface area contributed by atoms with Crippen molar-refractivity contribution < 1.29 is 13.6 Å². The van der Waals surface area contributed by atoms with Crippen LogP contribution in [-0.2, 0) is 0 Å². The largest absolute Gasteiger partial charge is 0.322 e. The van der Waals surface area contributed by atoms with Crippen molar-refractivity contribution in [3.8, 4) is 5.69 Å². The van der Waals surface area contributed by atoms with Gasteiger partial charge in [0.05, 0.1) is 23.1 Å². The van der Waals surface area contributed by atoms with E-state index in [1.54, 1.807) is 35.9 Å². The Morgan fingerprint density at radius 3 is 2.63 bits per heavy atom. The van der Waals surface area contributed by atoms with Crippen molar-refractivity contribution in [1.82, 2.24) is 15.1 Å². The molecule has 30 heavy (non-hydrogen) atoms. The summed E-state index contributed by atoms with van der Waals surface area (Å²) in [5.41, 5.74) is 2.63. The Morgan fingerprint density at radius 2 is 1.93 bits per heavy atom. The van der Waals surface area contributed by atoms with Gasteiger partial charge in [-0.2, -0.15) is 5.10 Å². The number of aryl methyl sites for hydroxylation is 1. The molecule has 1 saturated heterocycles. The van der Waals surface area contributed by atoms with Crippen molar-refractivity contribution in [3.63, 3.8) is 0 Å². The molecule has 0 saturated carbocycles. The third kappa shape index (κ3) is 4.52. The van der Waals surface area contributed by atoms with Gasteiger partial charge in [0.25, 0.3) is 5.91 Å². The second kappa shape index (κ2) is 9.36. The molecule has 2 aromatic carbocycles. The molecule has 0 radical (unpaired) electrons. The summed E-state index contributed by atoms with van der Waals surface area (Å²) in [4.78, 5) is 13.0. The fourth-order valence-corrected chi connectivity index (χ4v) is 3.70. The average molecular weight is 433 g/mol. The molecule has 1 amide bonds. The van der Waals surface area contributed by atoms with Gasteiger partial charge in [0.2, 0.25) is 0 Å². The molecule has 0 bridgehead atoms. The number of hydrogen-bond acceptors (Lipinski definition) is 3. The molecule has 1 aliphatic heterocycles. The Morgan fingerprint density at radius 1 is 1.17 bits per heavy atom. The summed E-state index contributed by atoms with van der Waals surface area (Å²) < 4.78 is 29.3. The van der Waals surface area contributed by atoms with Gasteiger partial charge in [0.15, 0.2) is 0 Å². The van der Waals surface area contributed by atoms with Crippen molar-refractivity contribution >= 4 is 24.0 Å². The number of amides is 1. The van der Waals surface area contributed by atoms with Crippen LogP contribution in [-0.4, -0.2) is 28.8 Å². The highest BCUT2D eigenvalue weighted by Gasteiger charge is 2.27. The summed E-state index contributed by atoms with van der Waals surface area (Å²) >= 11 is 0. The molecule has 0 spiro atoms. The van der Waals surface area contributed by atoms with Crippen molar-refractivity contribution in [2.75, 3.05) is 18.4 Å². The van der Waals surface area contributed by atoms with E-state index in [9.17, 15) is 13.6 Å². The second-order valence-corrected chi connectivity index (χ2v) is 7.28. The molecule has 3 aromatic rings. The van der Waals surface area contributed by atoms with Gasteiger partial charge in [-0.15, -0.1) is 12.4 Å². The van der Waals surface area contributed by atoms with E-state index in [2.05, 4.69) is 15.7 Å². The van der Waals surface area contributed by atoms with Crippen LogP contribution in [0.4, 0.5) is 14.5 Å². The third-order valence-electron chi connectivity index (χ3n) is 5.26. The predicted octanol–water partition coefficient (Wildman–Crippen LogP) is 4.60. The standard InChI is InChI=1S/C22H22F2N4O.ClH/c1-14-5-6-17(12-20(14)24)27-22(29)19-13-26-28(18-4-2-3-16(23)11-18)21(19)15-7-9-25-10-8-15;/h2-6,11-13,15,25H,7-10H2,1H3,(H,27,29);1H. The van der Waals surface area contributed by atoms with Gasteiger partial charge >= 0.3 is 0 Å².